The first-order chi connectivity index (χ1) is 31.2. The lowest BCUT2D eigenvalue weighted by Gasteiger charge is -2.19. The maximum Gasteiger partial charge on any atom is 0.164 e. The smallest absolute Gasteiger partial charge is 0.164 e. The molecule has 0 N–H and O–H groups in total. The standard InChI is InChI=1S/C58H37N3O2/c1-2-13-35(14-3-1)36-25-27-37(28-26-36)56-59-57(47-21-12-24-52-53(47)45-19-8-10-22-50(45)62-52)61-58(60-56)48-32-31-44(55-54(48)46-20-9-11-23-51(46)63-55)43-30-29-40-33-38-15-4-5-16-39(38)34-49(40)42-18-7-6-17-41(42)43/h1-28,31-34,43H,29-30H2. The summed E-state index contributed by atoms with van der Waals surface area (Å²) in [4.78, 5) is 16.0. The fraction of sp³-hybridized carbons (Fsp3) is 0.0517. The minimum Gasteiger partial charge on any atom is -0.456 e. The van der Waals surface area contributed by atoms with Gasteiger partial charge in [0.05, 0.1) is 0 Å². The second-order valence-corrected chi connectivity index (χ2v) is 16.6. The SMILES string of the molecule is c1ccc(-c2ccc(-c3nc(-c4cccc5oc6ccccc6c45)nc(-c4ccc(C5CCc6cc7ccccc7cc6-c6ccccc65)c5oc6ccccc6c45)n3)cc2)cc1. The third kappa shape index (κ3) is 5.81. The molecule has 63 heavy (non-hydrogen) atoms. The van der Waals surface area contributed by atoms with Gasteiger partial charge in [-0.1, -0.05) is 164 Å². The molecule has 0 saturated carbocycles. The summed E-state index contributed by atoms with van der Waals surface area (Å²) in [5.74, 6) is 1.84. The highest BCUT2D eigenvalue weighted by Gasteiger charge is 2.29. The Morgan fingerprint density at radius 2 is 0.968 bits per heavy atom. The number of aromatic nitrogens is 3. The fourth-order valence-corrected chi connectivity index (χ4v) is 10.0. The van der Waals surface area contributed by atoms with Crippen LogP contribution in [0, 0.1) is 0 Å². The van der Waals surface area contributed by atoms with E-state index in [-0.39, 0.29) is 5.92 Å². The molecule has 0 radical (unpaired) electrons. The zero-order chi connectivity index (χ0) is 41.4. The molecule has 9 aromatic carbocycles. The normalized spacial score (nSPS) is 13.7. The maximum atomic E-state index is 6.99. The van der Waals surface area contributed by atoms with Crippen molar-refractivity contribution in [1.29, 1.82) is 0 Å². The van der Waals surface area contributed by atoms with Gasteiger partial charge < -0.3 is 8.83 Å². The van der Waals surface area contributed by atoms with E-state index in [1.807, 2.05) is 42.5 Å². The van der Waals surface area contributed by atoms with E-state index in [4.69, 9.17) is 23.8 Å². The lowest BCUT2D eigenvalue weighted by atomic mass is 9.84. The summed E-state index contributed by atoms with van der Waals surface area (Å²) >= 11 is 0. The Bertz CT molecular complexity index is 3750. The van der Waals surface area contributed by atoms with Gasteiger partial charge in [0, 0.05) is 49.7 Å². The predicted octanol–water partition coefficient (Wildman–Crippen LogP) is 15.2. The Hall–Kier alpha value is -8.15. The van der Waals surface area contributed by atoms with Crippen molar-refractivity contribution in [2.75, 3.05) is 0 Å². The summed E-state index contributed by atoms with van der Waals surface area (Å²) in [5.41, 5.74) is 14.7. The summed E-state index contributed by atoms with van der Waals surface area (Å²) in [5, 5.41) is 6.56. The molecule has 1 unspecified atom stereocenters. The summed E-state index contributed by atoms with van der Waals surface area (Å²) in [6.45, 7) is 0. The van der Waals surface area contributed by atoms with E-state index in [1.54, 1.807) is 0 Å². The van der Waals surface area contributed by atoms with Crippen molar-refractivity contribution in [3.05, 3.63) is 211 Å². The van der Waals surface area contributed by atoms with E-state index in [0.29, 0.717) is 17.5 Å². The number of fused-ring (bicyclic) bond motifs is 10. The lowest BCUT2D eigenvalue weighted by molar-refractivity contribution is 0.647. The van der Waals surface area contributed by atoms with E-state index in [2.05, 4.69) is 152 Å². The van der Waals surface area contributed by atoms with E-state index in [1.165, 1.54) is 33.0 Å². The molecule has 13 rings (SSSR count). The van der Waals surface area contributed by atoms with E-state index in [9.17, 15) is 0 Å². The van der Waals surface area contributed by atoms with Crippen LogP contribution in [0.1, 0.15) is 29.0 Å². The molecule has 296 valence electrons. The molecular weight excluding hydrogens is 771 g/mol. The van der Waals surface area contributed by atoms with Gasteiger partial charge in [-0.25, -0.2) is 15.0 Å². The van der Waals surface area contributed by atoms with Gasteiger partial charge >= 0.3 is 0 Å². The zero-order valence-corrected chi connectivity index (χ0v) is 34.1. The van der Waals surface area contributed by atoms with E-state index >= 15 is 0 Å². The van der Waals surface area contributed by atoms with Gasteiger partial charge in [0.25, 0.3) is 0 Å². The monoisotopic (exact) mass is 807 g/mol. The highest BCUT2D eigenvalue weighted by molar-refractivity contribution is 6.14. The minimum absolute atomic E-state index is 0.0911. The van der Waals surface area contributed by atoms with Crippen molar-refractivity contribution in [3.8, 4) is 56.4 Å². The van der Waals surface area contributed by atoms with Crippen molar-refractivity contribution in [3.63, 3.8) is 0 Å². The number of aryl methyl sites for hydroxylation is 1. The van der Waals surface area contributed by atoms with Gasteiger partial charge in [-0.3, -0.25) is 0 Å². The Morgan fingerprint density at radius 3 is 1.78 bits per heavy atom. The van der Waals surface area contributed by atoms with E-state index in [0.717, 1.165) is 90.1 Å². The van der Waals surface area contributed by atoms with Crippen LogP contribution in [0.15, 0.2) is 203 Å². The van der Waals surface area contributed by atoms with Crippen molar-refractivity contribution in [1.82, 2.24) is 15.0 Å². The van der Waals surface area contributed by atoms with Crippen molar-refractivity contribution in [2.45, 2.75) is 18.8 Å². The van der Waals surface area contributed by atoms with Crippen LogP contribution in [0.25, 0.3) is 111 Å². The molecule has 0 spiro atoms. The molecule has 12 aromatic rings. The minimum atomic E-state index is 0.0911. The average Bonchev–Trinajstić information content (AvgIpc) is 3.89. The van der Waals surface area contributed by atoms with E-state index < -0.39 is 0 Å². The number of rotatable bonds is 5. The van der Waals surface area contributed by atoms with Crippen LogP contribution >= 0.6 is 0 Å². The largest absolute Gasteiger partial charge is 0.456 e. The highest BCUT2D eigenvalue weighted by Crippen LogP contribution is 2.47. The van der Waals surface area contributed by atoms with Gasteiger partial charge in [-0.15, -0.1) is 0 Å². The molecule has 1 atom stereocenters. The summed E-state index contributed by atoms with van der Waals surface area (Å²) in [6, 6.07) is 68.4. The Labute approximate surface area is 363 Å². The van der Waals surface area contributed by atoms with Crippen LogP contribution in [0.5, 0.6) is 0 Å². The summed E-state index contributed by atoms with van der Waals surface area (Å²) in [7, 11) is 0. The molecule has 0 fully saturated rings. The molecular formula is C58H37N3O2. The number of hydrogen-bond acceptors (Lipinski definition) is 5. The van der Waals surface area contributed by atoms with Gasteiger partial charge in [-0.05, 0) is 87.3 Å². The topological polar surface area (TPSA) is 65.0 Å². The van der Waals surface area contributed by atoms with Crippen LogP contribution in [-0.4, -0.2) is 15.0 Å². The third-order valence-electron chi connectivity index (χ3n) is 13.0. The number of furan rings is 2. The van der Waals surface area contributed by atoms with Crippen LogP contribution in [0.2, 0.25) is 0 Å². The van der Waals surface area contributed by atoms with Gasteiger partial charge in [0.2, 0.25) is 0 Å². The van der Waals surface area contributed by atoms with Crippen LogP contribution in [-0.2, 0) is 6.42 Å². The molecule has 3 heterocycles. The number of hydrogen-bond donors (Lipinski definition) is 0. The number of benzene rings is 9. The molecule has 1 aliphatic carbocycles. The molecule has 0 aliphatic heterocycles. The quantitative estimate of drug-likeness (QED) is 0.173. The first-order valence-electron chi connectivity index (χ1n) is 21.6. The van der Waals surface area contributed by atoms with Crippen LogP contribution < -0.4 is 0 Å². The Kier molecular flexibility index (Phi) is 8.03. The maximum absolute atomic E-state index is 6.99. The first kappa shape index (κ1) is 35.6. The summed E-state index contributed by atoms with van der Waals surface area (Å²) < 4.78 is 13.3. The number of nitrogens with zero attached hydrogens (tertiary/aromatic N) is 3. The Morgan fingerprint density at radius 1 is 0.381 bits per heavy atom. The van der Waals surface area contributed by atoms with Crippen molar-refractivity contribution in [2.24, 2.45) is 0 Å². The second kappa shape index (κ2) is 14.2. The third-order valence-corrected chi connectivity index (χ3v) is 13.0. The van der Waals surface area contributed by atoms with Gasteiger partial charge in [-0.2, -0.15) is 0 Å². The molecule has 0 amide bonds. The molecule has 5 heteroatoms. The zero-order valence-electron chi connectivity index (χ0n) is 34.1. The van der Waals surface area contributed by atoms with Gasteiger partial charge in [0.15, 0.2) is 17.5 Å². The van der Waals surface area contributed by atoms with Crippen molar-refractivity contribution >= 4 is 54.6 Å². The molecule has 0 bridgehead atoms. The van der Waals surface area contributed by atoms with Crippen molar-refractivity contribution < 1.29 is 8.83 Å². The van der Waals surface area contributed by atoms with Crippen LogP contribution in [0.4, 0.5) is 0 Å². The molecule has 1 aliphatic rings. The summed E-state index contributed by atoms with van der Waals surface area (Å²) in [6.07, 6.45) is 1.88. The lowest BCUT2D eigenvalue weighted by Crippen LogP contribution is -2.04. The second-order valence-electron chi connectivity index (χ2n) is 16.6. The average molecular weight is 808 g/mol. The highest BCUT2D eigenvalue weighted by atomic mass is 16.3. The molecule has 3 aromatic heterocycles. The predicted molar refractivity (Wildman–Crippen MR) is 256 cm³/mol. The first-order valence-corrected chi connectivity index (χ1v) is 21.6. The van der Waals surface area contributed by atoms with Gasteiger partial charge in [0.1, 0.15) is 22.3 Å². The Balaban J connectivity index is 1.03. The fourth-order valence-electron chi connectivity index (χ4n) is 10.0. The molecule has 0 saturated heterocycles. The molecule has 5 nitrogen and oxygen atoms in total. The number of para-hydroxylation sites is 2. The van der Waals surface area contributed by atoms with Crippen LogP contribution in [0.3, 0.4) is 0 Å².